The number of hydrogen-bond donors (Lipinski definition) is 0. The average Bonchev–Trinajstić information content (AvgIpc) is 2.05. The Labute approximate surface area is 75.0 Å². The second-order valence-corrected chi connectivity index (χ2v) is 2.96. The van der Waals surface area contributed by atoms with Crippen LogP contribution in [0, 0.1) is 0 Å². The van der Waals surface area contributed by atoms with Crippen LogP contribution in [0.4, 0.5) is 0 Å². The lowest BCUT2D eigenvalue weighted by atomic mass is 10.1. The summed E-state index contributed by atoms with van der Waals surface area (Å²) in [6, 6.07) is 0. The summed E-state index contributed by atoms with van der Waals surface area (Å²) >= 11 is 0. The first-order valence-corrected chi connectivity index (χ1v) is 4.71. The zero-order chi connectivity index (χ0) is 8.49. The van der Waals surface area contributed by atoms with Gasteiger partial charge in [0, 0.05) is 0 Å². The van der Waals surface area contributed by atoms with Gasteiger partial charge in [-0.05, 0) is 44.3 Å². The summed E-state index contributed by atoms with van der Waals surface area (Å²) in [5, 5.41) is 0. The summed E-state index contributed by atoms with van der Waals surface area (Å²) in [6.07, 6.45) is 18.9. The van der Waals surface area contributed by atoms with Crippen molar-refractivity contribution in [2.24, 2.45) is 0 Å². The highest BCUT2D eigenvalue weighted by atomic mass is 13.9. The molecule has 0 aromatic heterocycles. The lowest BCUT2D eigenvalue weighted by molar-refractivity contribution is 0.761. The summed E-state index contributed by atoms with van der Waals surface area (Å²) in [5.74, 6) is 0. The molecule has 0 aliphatic heterocycles. The van der Waals surface area contributed by atoms with Gasteiger partial charge in [0.2, 0.25) is 0 Å². The predicted octanol–water partition coefficient (Wildman–Crippen LogP) is 3.77. The highest BCUT2D eigenvalue weighted by Gasteiger charge is 1.83. The first-order valence-electron chi connectivity index (χ1n) is 4.71. The minimum atomic E-state index is 1.02. The van der Waals surface area contributed by atoms with E-state index in [9.17, 15) is 0 Å². The molecule has 0 aromatic rings. The van der Waals surface area contributed by atoms with E-state index in [1.165, 1.54) is 25.7 Å². The SMILES string of the molecule is C1=C/C=C/CCCC/C=C\CC=1. The van der Waals surface area contributed by atoms with Crippen LogP contribution in [0.3, 0.4) is 0 Å². The molecule has 0 saturated heterocycles. The maximum Gasteiger partial charge on any atom is -0.00929 e. The first-order chi connectivity index (χ1) is 6.00. The van der Waals surface area contributed by atoms with Crippen molar-refractivity contribution in [1.82, 2.24) is 0 Å². The van der Waals surface area contributed by atoms with Crippen LogP contribution in [0.25, 0.3) is 0 Å². The van der Waals surface area contributed by atoms with Gasteiger partial charge in [0.15, 0.2) is 0 Å². The lowest BCUT2D eigenvalue weighted by Crippen LogP contribution is -1.72. The van der Waals surface area contributed by atoms with Gasteiger partial charge in [-0.2, -0.15) is 0 Å². The molecule has 0 aromatic carbocycles. The molecule has 1 aliphatic carbocycles. The molecule has 0 fully saturated rings. The van der Waals surface area contributed by atoms with Crippen molar-refractivity contribution in [3.8, 4) is 0 Å². The Hall–Kier alpha value is -1.00. The third-order valence-corrected chi connectivity index (χ3v) is 1.86. The Morgan fingerprint density at radius 2 is 1.75 bits per heavy atom. The normalized spacial score (nSPS) is 24.0. The Balaban J connectivity index is 2.44. The lowest BCUT2D eigenvalue weighted by Gasteiger charge is -1.92. The molecule has 0 nitrogen and oxygen atoms in total. The Bertz CT molecular complexity index is 212. The van der Waals surface area contributed by atoms with E-state index in [1.54, 1.807) is 0 Å². The maximum atomic E-state index is 3.12. The molecule has 0 bridgehead atoms. The van der Waals surface area contributed by atoms with Crippen molar-refractivity contribution < 1.29 is 0 Å². The van der Waals surface area contributed by atoms with E-state index in [0.717, 1.165) is 6.42 Å². The topological polar surface area (TPSA) is 0 Å². The van der Waals surface area contributed by atoms with Crippen LogP contribution >= 0.6 is 0 Å². The van der Waals surface area contributed by atoms with E-state index in [-0.39, 0.29) is 0 Å². The fourth-order valence-corrected chi connectivity index (χ4v) is 1.16. The zero-order valence-electron chi connectivity index (χ0n) is 7.50. The van der Waals surface area contributed by atoms with Crippen molar-refractivity contribution >= 4 is 0 Å². The van der Waals surface area contributed by atoms with E-state index in [1.807, 2.05) is 6.08 Å². The molecule has 0 atom stereocenters. The minimum Gasteiger partial charge on any atom is -0.125 e. The van der Waals surface area contributed by atoms with Crippen molar-refractivity contribution in [2.75, 3.05) is 0 Å². The average molecular weight is 160 g/mol. The van der Waals surface area contributed by atoms with E-state index < -0.39 is 0 Å². The smallest absolute Gasteiger partial charge is 0.00929 e. The molecule has 0 heteroatoms. The minimum absolute atomic E-state index is 1.02. The molecule has 0 saturated carbocycles. The van der Waals surface area contributed by atoms with Gasteiger partial charge >= 0.3 is 0 Å². The molecule has 12 heavy (non-hydrogen) atoms. The van der Waals surface area contributed by atoms with Gasteiger partial charge in [-0.3, -0.25) is 0 Å². The van der Waals surface area contributed by atoms with Crippen molar-refractivity contribution in [3.63, 3.8) is 0 Å². The van der Waals surface area contributed by atoms with Gasteiger partial charge in [0.25, 0.3) is 0 Å². The van der Waals surface area contributed by atoms with Gasteiger partial charge < -0.3 is 0 Å². The molecular weight excluding hydrogens is 144 g/mol. The summed E-state index contributed by atoms with van der Waals surface area (Å²) in [7, 11) is 0. The molecule has 0 radical (unpaired) electrons. The van der Waals surface area contributed by atoms with E-state index >= 15 is 0 Å². The molecule has 0 spiro atoms. The largest absolute Gasteiger partial charge is 0.125 e. The van der Waals surface area contributed by atoms with Gasteiger partial charge in [0.05, 0.1) is 0 Å². The summed E-state index contributed by atoms with van der Waals surface area (Å²) in [6.45, 7) is 0. The second kappa shape index (κ2) is 6.69. The Morgan fingerprint density at radius 1 is 0.917 bits per heavy atom. The van der Waals surface area contributed by atoms with Crippen LogP contribution in [-0.4, -0.2) is 0 Å². The van der Waals surface area contributed by atoms with E-state index in [4.69, 9.17) is 0 Å². The fourth-order valence-electron chi connectivity index (χ4n) is 1.16. The van der Waals surface area contributed by atoms with E-state index in [0.29, 0.717) is 0 Å². The third kappa shape index (κ3) is 4.76. The molecule has 0 amide bonds. The molecule has 1 aliphatic rings. The monoisotopic (exact) mass is 160 g/mol. The van der Waals surface area contributed by atoms with Crippen molar-refractivity contribution in [2.45, 2.75) is 32.1 Å². The van der Waals surface area contributed by atoms with Gasteiger partial charge in [-0.15, -0.1) is 5.73 Å². The fraction of sp³-hybridized carbons (Fsp3) is 0.417. The Kier molecular flexibility index (Phi) is 5.07. The van der Waals surface area contributed by atoms with Crippen LogP contribution < -0.4 is 0 Å². The summed E-state index contributed by atoms with van der Waals surface area (Å²) in [5.41, 5.74) is 3.12. The maximum absolute atomic E-state index is 3.12. The summed E-state index contributed by atoms with van der Waals surface area (Å²) in [4.78, 5) is 0. The van der Waals surface area contributed by atoms with Crippen molar-refractivity contribution in [1.29, 1.82) is 0 Å². The Morgan fingerprint density at radius 3 is 2.67 bits per heavy atom. The van der Waals surface area contributed by atoms with Crippen LogP contribution in [0.1, 0.15) is 32.1 Å². The van der Waals surface area contributed by atoms with Gasteiger partial charge in [-0.25, -0.2) is 0 Å². The molecule has 1 rings (SSSR count). The van der Waals surface area contributed by atoms with Gasteiger partial charge in [0.1, 0.15) is 0 Å². The zero-order valence-corrected chi connectivity index (χ0v) is 7.50. The highest BCUT2D eigenvalue weighted by Crippen LogP contribution is 2.02. The van der Waals surface area contributed by atoms with Crippen LogP contribution in [0.5, 0.6) is 0 Å². The van der Waals surface area contributed by atoms with Crippen LogP contribution in [0.2, 0.25) is 0 Å². The number of rotatable bonds is 0. The first kappa shape index (κ1) is 9.09. The second-order valence-electron chi connectivity index (χ2n) is 2.96. The molecular formula is C12H16. The van der Waals surface area contributed by atoms with Crippen molar-refractivity contribution in [3.05, 3.63) is 42.2 Å². The van der Waals surface area contributed by atoms with Gasteiger partial charge in [-0.1, -0.05) is 24.3 Å². The number of hydrogen-bond acceptors (Lipinski definition) is 0. The molecule has 0 N–H and O–H groups in total. The van der Waals surface area contributed by atoms with Crippen LogP contribution in [-0.2, 0) is 0 Å². The predicted molar refractivity (Wildman–Crippen MR) is 54.0 cm³/mol. The van der Waals surface area contributed by atoms with E-state index in [2.05, 4.69) is 36.1 Å². The molecule has 0 unspecified atom stereocenters. The quantitative estimate of drug-likeness (QED) is 0.374. The van der Waals surface area contributed by atoms with Crippen LogP contribution in [0.15, 0.2) is 42.2 Å². The number of allylic oxidation sites excluding steroid dienone is 5. The molecule has 64 valence electrons. The summed E-state index contributed by atoms with van der Waals surface area (Å²) < 4.78 is 0. The highest BCUT2D eigenvalue weighted by molar-refractivity contribution is 5.04. The molecule has 0 heterocycles. The third-order valence-electron chi connectivity index (χ3n) is 1.86. The standard InChI is InChI=1S/C12H16/c1-2-4-6-8-10-12-11-9-7-5-3-1/h1-3,7,11-12H,4,6,8-10H2/b2-1+,12-11-.